The lowest BCUT2D eigenvalue weighted by atomic mass is 10.1. The van der Waals surface area contributed by atoms with E-state index < -0.39 is 23.9 Å². The number of carbonyl (C=O) groups excluding carboxylic acids is 4. The van der Waals surface area contributed by atoms with Gasteiger partial charge in [0, 0.05) is 12.6 Å². The fourth-order valence-electron chi connectivity index (χ4n) is 1.48. The highest BCUT2D eigenvalue weighted by atomic mass is 16.5. The summed E-state index contributed by atoms with van der Waals surface area (Å²) >= 11 is 0. The maximum absolute atomic E-state index is 11.6. The first kappa shape index (κ1) is 17.0. The minimum atomic E-state index is -0.756. The number of urea groups is 1. The largest absolute Gasteiger partial charge is 0.465 e. The van der Waals surface area contributed by atoms with Crippen LogP contribution in [0.15, 0.2) is 18.2 Å². The summed E-state index contributed by atoms with van der Waals surface area (Å²) in [6, 6.07) is 3.14. The average Bonchev–Trinajstić information content (AvgIpc) is 2.50. The number of hydrogen-bond acceptors (Lipinski definition) is 6. The van der Waals surface area contributed by atoms with Gasteiger partial charge in [0.15, 0.2) is 0 Å². The number of nitrogens with one attached hydrogen (secondary N) is 3. The molecule has 0 saturated heterocycles. The Morgan fingerprint density at radius 2 is 1.36 bits per heavy atom. The molecule has 0 aliphatic heterocycles. The normalized spacial score (nSPS) is 9.41. The van der Waals surface area contributed by atoms with E-state index in [2.05, 4.69) is 25.6 Å². The lowest BCUT2D eigenvalue weighted by Crippen LogP contribution is -2.42. The van der Waals surface area contributed by atoms with Gasteiger partial charge in [-0.05, 0) is 18.2 Å². The van der Waals surface area contributed by atoms with E-state index in [4.69, 9.17) is 0 Å². The fraction of sp³-hybridized carbons (Fsp3) is 0.231. The maximum atomic E-state index is 11.6. The van der Waals surface area contributed by atoms with Crippen molar-refractivity contribution in [2.75, 3.05) is 19.5 Å². The van der Waals surface area contributed by atoms with Crippen LogP contribution in [-0.4, -0.2) is 38.1 Å². The topological polar surface area (TPSA) is 123 Å². The van der Waals surface area contributed by atoms with Gasteiger partial charge in [-0.3, -0.25) is 10.2 Å². The molecule has 0 aliphatic rings. The monoisotopic (exact) mass is 309 g/mol. The first-order chi connectivity index (χ1) is 10.4. The summed E-state index contributed by atoms with van der Waals surface area (Å²) in [5.74, 6) is -1.83. The van der Waals surface area contributed by atoms with Crippen LogP contribution in [0.2, 0.25) is 0 Å². The van der Waals surface area contributed by atoms with Crippen molar-refractivity contribution < 1.29 is 28.7 Å². The number of hydrogen-bond donors (Lipinski definition) is 3. The number of esters is 2. The second-order valence-electron chi connectivity index (χ2n) is 4.04. The van der Waals surface area contributed by atoms with E-state index in [-0.39, 0.29) is 16.8 Å². The molecule has 118 valence electrons. The van der Waals surface area contributed by atoms with Gasteiger partial charge >= 0.3 is 18.0 Å². The summed E-state index contributed by atoms with van der Waals surface area (Å²) in [4.78, 5) is 45.4. The molecule has 0 atom stereocenters. The molecular formula is C13H15N3O6. The molecule has 0 saturated carbocycles. The van der Waals surface area contributed by atoms with Crippen molar-refractivity contribution in [2.45, 2.75) is 6.92 Å². The smallest absolute Gasteiger partial charge is 0.337 e. The van der Waals surface area contributed by atoms with Crippen LogP contribution in [0, 0.1) is 0 Å². The summed E-state index contributed by atoms with van der Waals surface area (Å²) in [6.07, 6.45) is 0. The first-order valence-corrected chi connectivity index (χ1v) is 6.02. The van der Waals surface area contributed by atoms with Crippen molar-refractivity contribution in [3.05, 3.63) is 29.3 Å². The lowest BCUT2D eigenvalue weighted by molar-refractivity contribution is -0.119. The third-order valence-corrected chi connectivity index (χ3v) is 2.39. The fourth-order valence-corrected chi connectivity index (χ4v) is 1.48. The highest BCUT2D eigenvalue weighted by molar-refractivity contribution is 5.99. The van der Waals surface area contributed by atoms with Gasteiger partial charge in [-0.25, -0.2) is 19.8 Å². The van der Waals surface area contributed by atoms with E-state index in [0.29, 0.717) is 0 Å². The molecule has 1 aromatic rings. The standard InChI is InChI=1S/C13H15N3O6/c1-7(17)15-16-13(20)14-10-5-8(11(18)21-2)4-9(6-10)12(19)22-3/h4-6H,1-3H3,(H,15,17)(H2,14,16,20). The van der Waals surface area contributed by atoms with Crippen molar-refractivity contribution in [1.82, 2.24) is 10.9 Å². The number of anilines is 1. The Bertz CT molecular complexity index is 580. The molecule has 9 heteroatoms. The maximum Gasteiger partial charge on any atom is 0.337 e. The third kappa shape index (κ3) is 4.78. The third-order valence-electron chi connectivity index (χ3n) is 2.39. The molecular weight excluding hydrogens is 294 g/mol. The number of ether oxygens (including phenoxy) is 2. The highest BCUT2D eigenvalue weighted by Crippen LogP contribution is 2.17. The molecule has 22 heavy (non-hydrogen) atoms. The second kappa shape index (κ2) is 7.62. The van der Waals surface area contributed by atoms with E-state index in [1.807, 2.05) is 0 Å². The summed E-state index contributed by atoms with van der Waals surface area (Å²) in [5, 5.41) is 2.36. The molecule has 0 bridgehead atoms. The number of hydrazine groups is 1. The SMILES string of the molecule is COC(=O)c1cc(NC(=O)NNC(C)=O)cc(C(=O)OC)c1. The highest BCUT2D eigenvalue weighted by Gasteiger charge is 2.14. The zero-order chi connectivity index (χ0) is 16.7. The molecule has 1 aromatic carbocycles. The minimum absolute atomic E-state index is 0.0558. The zero-order valence-corrected chi connectivity index (χ0v) is 12.2. The lowest BCUT2D eigenvalue weighted by Gasteiger charge is -2.10. The van der Waals surface area contributed by atoms with Crippen molar-refractivity contribution >= 4 is 29.6 Å². The molecule has 0 radical (unpaired) electrons. The van der Waals surface area contributed by atoms with Crippen LogP contribution >= 0.6 is 0 Å². The van der Waals surface area contributed by atoms with E-state index in [1.165, 1.54) is 39.3 Å². The van der Waals surface area contributed by atoms with Crippen LogP contribution in [0.4, 0.5) is 10.5 Å². The summed E-state index contributed by atoms with van der Waals surface area (Å²) < 4.78 is 9.13. The average molecular weight is 309 g/mol. The van der Waals surface area contributed by atoms with Gasteiger partial charge < -0.3 is 14.8 Å². The minimum Gasteiger partial charge on any atom is -0.465 e. The van der Waals surface area contributed by atoms with E-state index >= 15 is 0 Å². The van der Waals surface area contributed by atoms with Gasteiger partial charge in [-0.2, -0.15) is 0 Å². The van der Waals surface area contributed by atoms with Crippen LogP contribution in [0.5, 0.6) is 0 Å². The van der Waals surface area contributed by atoms with Crippen molar-refractivity contribution in [2.24, 2.45) is 0 Å². The van der Waals surface area contributed by atoms with Crippen molar-refractivity contribution in [3.63, 3.8) is 0 Å². The van der Waals surface area contributed by atoms with Gasteiger partial charge in [-0.15, -0.1) is 0 Å². The molecule has 0 heterocycles. The van der Waals surface area contributed by atoms with Crippen molar-refractivity contribution in [3.8, 4) is 0 Å². The summed E-state index contributed by atoms with van der Waals surface area (Å²) in [6.45, 7) is 1.22. The molecule has 1 rings (SSSR count). The molecule has 0 aromatic heterocycles. The Labute approximate surface area is 125 Å². The predicted molar refractivity (Wildman–Crippen MR) is 75.1 cm³/mol. The van der Waals surface area contributed by atoms with E-state index in [9.17, 15) is 19.2 Å². The molecule has 0 spiro atoms. The Morgan fingerprint density at radius 1 is 0.864 bits per heavy atom. The van der Waals surface area contributed by atoms with Crippen LogP contribution in [0.1, 0.15) is 27.6 Å². The van der Waals surface area contributed by atoms with Crippen LogP contribution in [0.25, 0.3) is 0 Å². The van der Waals surface area contributed by atoms with E-state index in [1.54, 1.807) is 0 Å². The Balaban J connectivity index is 3.02. The number of carbonyl (C=O) groups is 4. The van der Waals surface area contributed by atoms with Gasteiger partial charge in [0.2, 0.25) is 5.91 Å². The second-order valence-corrected chi connectivity index (χ2v) is 4.04. The van der Waals surface area contributed by atoms with Gasteiger partial charge in [0.1, 0.15) is 0 Å². The molecule has 9 nitrogen and oxygen atoms in total. The quantitative estimate of drug-likeness (QED) is 0.549. The number of amides is 3. The van der Waals surface area contributed by atoms with Crippen LogP contribution < -0.4 is 16.2 Å². The van der Waals surface area contributed by atoms with Gasteiger partial charge in [0.05, 0.1) is 25.3 Å². The molecule has 0 fully saturated rings. The predicted octanol–water partition coefficient (Wildman–Crippen LogP) is 0.432. The molecule has 0 aliphatic carbocycles. The Morgan fingerprint density at radius 3 is 1.77 bits per heavy atom. The van der Waals surface area contributed by atoms with Gasteiger partial charge in [0.25, 0.3) is 0 Å². The zero-order valence-electron chi connectivity index (χ0n) is 12.2. The molecule has 0 unspecified atom stereocenters. The Kier molecular flexibility index (Phi) is 5.87. The van der Waals surface area contributed by atoms with Crippen molar-refractivity contribution in [1.29, 1.82) is 0 Å². The first-order valence-electron chi connectivity index (χ1n) is 6.02. The number of rotatable bonds is 3. The Hall–Kier alpha value is -3.10. The molecule has 3 amide bonds. The van der Waals surface area contributed by atoms with Crippen LogP contribution in [0.3, 0.4) is 0 Å². The van der Waals surface area contributed by atoms with Gasteiger partial charge in [-0.1, -0.05) is 0 Å². The molecule has 3 N–H and O–H groups in total. The van der Waals surface area contributed by atoms with E-state index in [0.717, 1.165) is 0 Å². The van der Waals surface area contributed by atoms with Crippen LogP contribution in [-0.2, 0) is 14.3 Å². The number of benzene rings is 1. The number of methoxy groups -OCH3 is 2. The summed E-state index contributed by atoms with van der Waals surface area (Å²) in [7, 11) is 2.37. The summed E-state index contributed by atoms with van der Waals surface area (Å²) in [5.41, 5.74) is 4.41.